The number of carbonyl (C=O) groups is 1. The fourth-order valence-corrected chi connectivity index (χ4v) is 4.29. The third-order valence-electron chi connectivity index (χ3n) is 5.75. The van der Waals surface area contributed by atoms with Crippen LogP contribution in [0.5, 0.6) is 0 Å². The SMILES string of the molecule is O=C(CN1CCCCC1)N1CCCC[C@H]1c1ncc(Cc2cccc(F)c2)o1. The summed E-state index contributed by atoms with van der Waals surface area (Å²) >= 11 is 0. The van der Waals surface area contributed by atoms with Gasteiger partial charge >= 0.3 is 0 Å². The minimum atomic E-state index is -0.251. The number of halogens is 1. The summed E-state index contributed by atoms with van der Waals surface area (Å²) in [6, 6.07) is 6.43. The van der Waals surface area contributed by atoms with Crippen LogP contribution in [0.25, 0.3) is 0 Å². The zero-order valence-electron chi connectivity index (χ0n) is 16.3. The first kappa shape index (κ1) is 19.1. The molecule has 6 heteroatoms. The van der Waals surface area contributed by atoms with Gasteiger partial charge in [0.05, 0.1) is 12.7 Å². The molecule has 1 atom stereocenters. The van der Waals surface area contributed by atoms with Crippen LogP contribution in [-0.2, 0) is 11.2 Å². The molecule has 0 radical (unpaired) electrons. The molecule has 1 amide bonds. The molecule has 0 unspecified atom stereocenters. The average molecular weight is 385 g/mol. The van der Waals surface area contributed by atoms with Crippen LogP contribution in [0.1, 0.15) is 61.8 Å². The van der Waals surface area contributed by atoms with Crippen molar-refractivity contribution in [2.45, 2.75) is 51.0 Å². The lowest BCUT2D eigenvalue weighted by atomic mass is 10.0. The minimum absolute atomic E-state index is 0.0905. The number of likely N-dealkylation sites (tertiary alicyclic amines) is 2. The molecule has 2 fully saturated rings. The van der Waals surface area contributed by atoms with Gasteiger partial charge < -0.3 is 9.32 Å². The van der Waals surface area contributed by atoms with E-state index in [0.717, 1.165) is 44.5 Å². The summed E-state index contributed by atoms with van der Waals surface area (Å²) in [6.45, 7) is 3.29. The third-order valence-corrected chi connectivity index (χ3v) is 5.75. The Morgan fingerprint density at radius 1 is 1.14 bits per heavy atom. The van der Waals surface area contributed by atoms with Gasteiger partial charge in [0.1, 0.15) is 17.6 Å². The molecule has 2 aromatic rings. The number of benzene rings is 1. The molecule has 2 aliphatic heterocycles. The van der Waals surface area contributed by atoms with Crippen LogP contribution in [0.15, 0.2) is 34.9 Å². The Morgan fingerprint density at radius 2 is 1.96 bits per heavy atom. The van der Waals surface area contributed by atoms with Crippen LogP contribution in [0, 0.1) is 5.82 Å². The van der Waals surface area contributed by atoms with Crippen molar-refractivity contribution in [2.75, 3.05) is 26.2 Å². The predicted molar refractivity (Wildman–Crippen MR) is 104 cm³/mol. The Kier molecular flexibility index (Phi) is 6.05. The van der Waals surface area contributed by atoms with E-state index >= 15 is 0 Å². The predicted octanol–water partition coefficient (Wildman–Crippen LogP) is 3.94. The van der Waals surface area contributed by atoms with Gasteiger partial charge in [-0.2, -0.15) is 0 Å². The second-order valence-electron chi connectivity index (χ2n) is 7.91. The maximum Gasteiger partial charge on any atom is 0.237 e. The molecule has 0 aliphatic carbocycles. The minimum Gasteiger partial charge on any atom is -0.443 e. The molecule has 0 bridgehead atoms. The van der Waals surface area contributed by atoms with Gasteiger partial charge in [-0.25, -0.2) is 9.37 Å². The van der Waals surface area contributed by atoms with Crippen molar-refractivity contribution in [3.63, 3.8) is 0 Å². The highest BCUT2D eigenvalue weighted by molar-refractivity contribution is 5.78. The van der Waals surface area contributed by atoms with E-state index in [0.29, 0.717) is 24.6 Å². The Balaban J connectivity index is 1.44. The molecule has 2 saturated heterocycles. The largest absolute Gasteiger partial charge is 0.443 e. The molecule has 3 heterocycles. The summed E-state index contributed by atoms with van der Waals surface area (Å²) in [5, 5.41) is 0. The molecule has 150 valence electrons. The van der Waals surface area contributed by atoms with Gasteiger partial charge in [0, 0.05) is 13.0 Å². The molecule has 4 rings (SSSR count). The van der Waals surface area contributed by atoms with Gasteiger partial charge in [-0.05, 0) is 62.9 Å². The summed E-state index contributed by atoms with van der Waals surface area (Å²) < 4.78 is 19.4. The van der Waals surface area contributed by atoms with Crippen LogP contribution in [-0.4, -0.2) is 46.9 Å². The lowest BCUT2D eigenvalue weighted by Crippen LogP contribution is -2.45. The van der Waals surface area contributed by atoms with Crippen LogP contribution in [0.2, 0.25) is 0 Å². The number of carbonyl (C=O) groups excluding carboxylic acids is 1. The van der Waals surface area contributed by atoms with Gasteiger partial charge in [-0.15, -0.1) is 0 Å². The number of piperidine rings is 2. The summed E-state index contributed by atoms with van der Waals surface area (Å²) in [7, 11) is 0. The molecule has 0 saturated carbocycles. The smallest absolute Gasteiger partial charge is 0.237 e. The Labute approximate surface area is 165 Å². The van der Waals surface area contributed by atoms with Gasteiger partial charge in [-0.3, -0.25) is 9.69 Å². The van der Waals surface area contributed by atoms with Crippen molar-refractivity contribution in [3.05, 3.63) is 53.5 Å². The molecule has 0 N–H and O–H groups in total. The van der Waals surface area contributed by atoms with E-state index in [1.807, 2.05) is 11.0 Å². The number of rotatable bonds is 5. The monoisotopic (exact) mass is 385 g/mol. The number of oxazole rings is 1. The van der Waals surface area contributed by atoms with Gasteiger partial charge in [0.2, 0.25) is 11.8 Å². The second kappa shape index (κ2) is 8.86. The van der Waals surface area contributed by atoms with E-state index in [1.165, 1.54) is 31.4 Å². The van der Waals surface area contributed by atoms with Crippen LogP contribution < -0.4 is 0 Å². The lowest BCUT2D eigenvalue weighted by molar-refractivity contribution is -0.137. The van der Waals surface area contributed by atoms with Gasteiger partial charge in [-0.1, -0.05) is 18.6 Å². The van der Waals surface area contributed by atoms with E-state index < -0.39 is 0 Å². The van der Waals surface area contributed by atoms with Crippen molar-refractivity contribution >= 4 is 5.91 Å². The molecule has 1 aromatic carbocycles. The first-order valence-electron chi connectivity index (χ1n) is 10.4. The Bertz CT molecular complexity index is 801. The van der Waals surface area contributed by atoms with Crippen LogP contribution >= 0.6 is 0 Å². The zero-order chi connectivity index (χ0) is 19.3. The average Bonchev–Trinajstić information content (AvgIpc) is 3.17. The van der Waals surface area contributed by atoms with Crippen molar-refractivity contribution in [3.8, 4) is 0 Å². The van der Waals surface area contributed by atoms with E-state index in [2.05, 4.69) is 9.88 Å². The maximum absolute atomic E-state index is 13.4. The van der Waals surface area contributed by atoms with Crippen molar-refractivity contribution in [2.24, 2.45) is 0 Å². The number of hydrogen-bond donors (Lipinski definition) is 0. The summed E-state index contributed by atoms with van der Waals surface area (Å²) in [4.78, 5) is 21.6. The van der Waals surface area contributed by atoms with E-state index in [1.54, 1.807) is 12.3 Å². The first-order valence-corrected chi connectivity index (χ1v) is 10.4. The quantitative estimate of drug-likeness (QED) is 0.782. The highest BCUT2D eigenvalue weighted by Gasteiger charge is 2.32. The molecule has 0 spiro atoms. The van der Waals surface area contributed by atoms with E-state index in [9.17, 15) is 9.18 Å². The van der Waals surface area contributed by atoms with Crippen LogP contribution in [0.3, 0.4) is 0 Å². The fraction of sp³-hybridized carbons (Fsp3) is 0.545. The summed E-state index contributed by atoms with van der Waals surface area (Å²) in [6.07, 6.45) is 8.81. The molecular weight excluding hydrogens is 357 g/mol. The van der Waals surface area contributed by atoms with Gasteiger partial charge in [0.25, 0.3) is 0 Å². The number of amides is 1. The number of hydrogen-bond acceptors (Lipinski definition) is 4. The van der Waals surface area contributed by atoms with Crippen LogP contribution in [0.4, 0.5) is 4.39 Å². The number of nitrogens with zero attached hydrogens (tertiary/aromatic N) is 3. The molecule has 28 heavy (non-hydrogen) atoms. The topological polar surface area (TPSA) is 49.6 Å². The molecular formula is C22H28FN3O2. The standard InChI is InChI=1S/C22H28FN3O2/c23-18-8-6-7-17(13-18)14-19-15-24-22(28-19)20-9-2-5-12-26(20)21(27)16-25-10-3-1-4-11-25/h6-8,13,15,20H,1-5,9-12,14,16H2/t20-/m0/s1. The van der Waals surface area contributed by atoms with Crippen molar-refractivity contribution in [1.29, 1.82) is 0 Å². The second-order valence-corrected chi connectivity index (χ2v) is 7.91. The van der Waals surface area contributed by atoms with Crippen molar-refractivity contribution in [1.82, 2.24) is 14.8 Å². The fourth-order valence-electron chi connectivity index (χ4n) is 4.29. The molecule has 1 aromatic heterocycles. The zero-order valence-corrected chi connectivity index (χ0v) is 16.3. The van der Waals surface area contributed by atoms with E-state index in [4.69, 9.17) is 4.42 Å². The molecule has 2 aliphatic rings. The third kappa shape index (κ3) is 4.61. The molecule has 5 nitrogen and oxygen atoms in total. The van der Waals surface area contributed by atoms with E-state index in [-0.39, 0.29) is 17.8 Å². The first-order chi connectivity index (χ1) is 13.7. The Morgan fingerprint density at radius 3 is 2.79 bits per heavy atom. The normalized spacial score (nSPS) is 21.0. The summed E-state index contributed by atoms with van der Waals surface area (Å²) in [5.74, 6) is 1.24. The number of aromatic nitrogens is 1. The highest BCUT2D eigenvalue weighted by atomic mass is 19.1. The highest BCUT2D eigenvalue weighted by Crippen LogP contribution is 2.31. The lowest BCUT2D eigenvalue weighted by Gasteiger charge is -2.36. The van der Waals surface area contributed by atoms with Gasteiger partial charge in [0.15, 0.2) is 0 Å². The summed E-state index contributed by atoms with van der Waals surface area (Å²) in [5.41, 5.74) is 0.851. The maximum atomic E-state index is 13.4. The Hall–Kier alpha value is -2.21. The van der Waals surface area contributed by atoms with Crippen molar-refractivity contribution < 1.29 is 13.6 Å².